The summed E-state index contributed by atoms with van der Waals surface area (Å²) in [7, 11) is 0. The molecule has 5 aromatic rings. The molecule has 9 nitrogen and oxygen atoms in total. The number of rotatable bonds is 7. The molecule has 1 atom stereocenters. The second-order valence-electron chi connectivity index (χ2n) is 8.10. The first-order valence-corrected chi connectivity index (χ1v) is 11.1. The average molecular weight is 489 g/mol. The minimum Gasteiger partial charge on any atom is -0.489 e. The summed E-state index contributed by atoms with van der Waals surface area (Å²) in [6.45, 7) is 1.21. The monoisotopic (exact) mass is 488 g/mol. The van der Waals surface area contributed by atoms with Crippen LogP contribution < -0.4 is 15.2 Å². The van der Waals surface area contributed by atoms with Gasteiger partial charge in [0.2, 0.25) is 0 Å². The number of aryl methyl sites for hydroxylation is 1. The Morgan fingerprint density at radius 3 is 2.53 bits per heavy atom. The van der Waals surface area contributed by atoms with Crippen molar-refractivity contribution in [2.24, 2.45) is 0 Å². The van der Waals surface area contributed by atoms with Gasteiger partial charge in [0.25, 0.3) is 0 Å². The van der Waals surface area contributed by atoms with Crippen LogP contribution in [0.3, 0.4) is 0 Å². The largest absolute Gasteiger partial charge is 0.489 e. The molecule has 0 fully saturated rings. The van der Waals surface area contributed by atoms with Gasteiger partial charge in [-0.25, -0.2) is 29.0 Å². The molecule has 0 saturated heterocycles. The van der Waals surface area contributed by atoms with Gasteiger partial charge in [-0.15, -0.1) is 0 Å². The zero-order valence-corrected chi connectivity index (χ0v) is 19.5. The van der Waals surface area contributed by atoms with Crippen molar-refractivity contribution >= 4 is 16.9 Å². The molecule has 0 aliphatic heterocycles. The summed E-state index contributed by atoms with van der Waals surface area (Å²) >= 11 is 0. The predicted octanol–water partition coefficient (Wildman–Crippen LogP) is 5.27. The van der Waals surface area contributed by atoms with E-state index in [1.807, 2.05) is 0 Å². The number of nitrogens with two attached hydrogens (primary N) is 1. The van der Waals surface area contributed by atoms with Crippen molar-refractivity contribution in [2.75, 3.05) is 5.73 Å². The fraction of sp³-hybridized carbons (Fsp3) is 0.192. The molecule has 0 amide bonds. The first-order chi connectivity index (χ1) is 18.6. The second kappa shape index (κ2) is 9.57. The lowest BCUT2D eigenvalue weighted by atomic mass is 10.1. The number of nitrogen functional groups attached to an aromatic ring is 1. The first-order valence-electron chi connectivity index (χ1n) is 12.6. The molecular weight excluding hydrogens is 461 g/mol. The van der Waals surface area contributed by atoms with Gasteiger partial charge in [-0.3, -0.25) is 0 Å². The highest BCUT2D eigenvalue weighted by Gasteiger charge is 2.18. The summed E-state index contributed by atoms with van der Waals surface area (Å²) in [5.41, 5.74) is 8.28. The van der Waals surface area contributed by atoms with Crippen LogP contribution in [0.2, 0.25) is 0 Å². The van der Waals surface area contributed by atoms with Crippen LogP contribution in [0.25, 0.3) is 22.3 Å². The normalized spacial score (nSPS) is 13.6. The number of anilines is 1. The van der Waals surface area contributed by atoms with E-state index in [4.69, 9.17) is 19.3 Å². The van der Waals surface area contributed by atoms with Crippen molar-refractivity contribution in [1.82, 2.24) is 29.7 Å². The van der Waals surface area contributed by atoms with Gasteiger partial charge in [-0.2, -0.15) is 5.10 Å². The molecule has 1 unspecified atom stereocenters. The predicted molar refractivity (Wildman–Crippen MR) is 133 cm³/mol. The van der Waals surface area contributed by atoms with E-state index in [0.717, 1.165) is 5.56 Å². The number of benzene rings is 2. The van der Waals surface area contributed by atoms with Crippen molar-refractivity contribution in [3.05, 3.63) is 78.4 Å². The van der Waals surface area contributed by atoms with Gasteiger partial charge >= 0.3 is 0 Å². The fourth-order valence-electron chi connectivity index (χ4n) is 3.62. The third-order valence-electron chi connectivity index (χ3n) is 5.33. The summed E-state index contributed by atoms with van der Waals surface area (Å²) in [4.78, 5) is 16.5. The lowest BCUT2D eigenvalue weighted by Crippen LogP contribution is -2.04. The molecule has 5 rings (SSSR count). The van der Waals surface area contributed by atoms with E-state index in [-0.39, 0.29) is 23.9 Å². The number of hydrogen-bond donors (Lipinski definition) is 1. The van der Waals surface area contributed by atoms with Crippen LogP contribution in [0.5, 0.6) is 17.2 Å². The molecule has 3 aromatic heterocycles. The quantitative estimate of drug-likeness (QED) is 0.330. The highest BCUT2D eigenvalue weighted by Crippen LogP contribution is 2.33. The van der Waals surface area contributed by atoms with Crippen LogP contribution in [0.15, 0.2) is 61.2 Å². The standard InChI is InChI=1S/C26H24FN7O2/c1-15(2)34-26-23(25(28)31-14-32-26)24(33-34)18-4-6-20(7-5-18)36-22-9-19(27)8-21(10-22)35-13-17-11-29-16(3)30-12-17/h4-12,14-15H,13H2,1-3H3,(H2,28,31,32)/i1D3. The zero-order valence-electron chi connectivity index (χ0n) is 22.5. The third-order valence-corrected chi connectivity index (χ3v) is 5.33. The van der Waals surface area contributed by atoms with Crippen molar-refractivity contribution in [3.8, 4) is 28.5 Å². The Morgan fingerprint density at radius 1 is 1.03 bits per heavy atom. The Hall–Kier alpha value is -4.60. The maximum Gasteiger partial charge on any atom is 0.164 e. The molecule has 10 heteroatoms. The smallest absolute Gasteiger partial charge is 0.164 e. The number of hydrogen-bond acceptors (Lipinski definition) is 8. The maximum atomic E-state index is 14.3. The molecule has 0 spiro atoms. The van der Waals surface area contributed by atoms with E-state index >= 15 is 0 Å². The Balaban J connectivity index is 1.38. The summed E-state index contributed by atoms with van der Waals surface area (Å²) in [5.74, 6) is 1.29. The highest BCUT2D eigenvalue weighted by molar-refractivity contribution is 5.98. The van der Waals surface area contributed by atoms with Crippen molar-refractivity contribution in [1.29, 1.82) is 0 Å². The minimum absolute atomic E-state index is 0.172. The van der Waals surface area contributed by atoms with Gasteiger partial charge in [0.15, 0.2) is 5.65 Å². The number of ether oxygens (including phenoxy) is 2. The van der Waals surface area contributed by atoms with Crippen LogP contribution >= 0.6 is 0 Å². The van der Waals surface area contributed by atoms with Gasteiger partial charge in [0.05, 0.1) is 5.39 Å². The van der Waals surface area contributed by atoms with E-state index in [9.17, 15) is 4.39 Å². The van der Waals surface area contributed by atoms with Crippen molar-refractivity contribution in [2.45, 2.75) is 33.3 Å². The highest BCUT2D eigenvalue weighted by atomic mass is 19.1. The molecule has 0 radical (unpaired) electrons. The van der Waals surface area contributed by atoms with E-state index in [0.29, 0.717) is 33.9 Å². The van der Waals surface area contributed by atoms with E-state index in [1.54, 1.807) is 56.6 Å². The maximum absolute atomic E-state index is 14.3. The number of fused-ring (bicyclic) bond motifs is 1. The fourth-order valence-corrected chi connectivity index (χ4v) is 3.62. The first kappa shape index (κ1) is 19.7. The summed E-state index contributed by atoms with van der Waals surface area (Å²) in [6, 6.07) is 10.00. The molecule has 0 bridgehead atoms. The second-order valence-corrected chi connectivity index (χ2v) is 8.10. The van der Waals surface area contributed by atoms with Crippen LogP contribution in [-0.4, -0.2) is 29.7 Å². The molecule has 0 aliphatic rings. The molecular formula is C26H24FN7O2. The number of nitrogens with zero attached hydrogens (tertiary/aromatic N) is 6. The Kier molecular flexibility index (Phi) is 5.23. The molecule has 36 heavy (non-hydrogen) atoms. The Bertz CT molecular complexity index is 1620. The number of halogens is 1. The topological polar surface area (TPSA) is 114 Å². The molecule has 0 saturated carbocycles. The van der Waals surface area contributed by atoms with Gasteiger partial charge in [0, 0.05) is 51.9 Å². The van der Waals surface area contributed by atoms with E-state index in [1.165, 1.54) is 23.1 Å². The van der Waals surface area contributed by atoms with Crippen molar-refractivity contribution in [3.63, 3.8) is 0 Å². The lowest BCUT2D eigenvalue weighted by molar-refractivity contribution is 0.301. The van der Waals surface area contributed by atoms with Gasteiger partial charge in [-0.05, 0) is 45.0 Å². The molecule has 0 aliphatic carbocycles. The van der Waals surface area contributed by atoms with Crippen LogP contribution in [0.4, 0.5) is 10.2 Å². The molecule has 3 heterocycles. The lowest BCUT2D eigenvalue weighted by Gasteiger charge is -2.10. The van der Waals surface area contributed by atoms with Gasteiger partial charge < -0.3 is 15.2 Å². The van der Waals surface area contributed by atoms with Crippen LogP contribution in [-0.2, 0) is 6.61 Å². The van der Waals surface area contributed by atoms with E-state index < -0.39 is 18.7 Å². The SMILES string of the molecule is [2H]C([2H])([2H])C(C)n1nc(-c2ccc(Oc3cc(F)cc(OCc4cnc(C)nc4)c3)cc2)c2c(N)ncnc21. The minimum atomic E-state index is -2.30. The van der Waals surface area contributed by atoms with E-state index in [2.05, 4.69) is 25.0 Å². The number of aromatic nitrogens is 6. The molecule has 182 valence electrons. The van der Waals surface area contributed by atoms with Crippen LogP contribution in [0, 0.1) is 12.7 Å². The van der Waals surface area contributed by atoms with Crippen molar-refractivity contribution < 1.29 is 18.0 Å². The zero-order chi connectivity index (χ0) is 27.7. The molecule has 2 aromatic carbocycles. The molecule has 2 N–H and O–H groups in total. The average Bonchev–Trinajstić information content (AvgIpc) is 3.28. The third kappa shape index (κ3) is 4.78. The Morgan fingerprint density at radius 2 is 1.78 bits per heavy atom. The summed E-state index contributed by atoms with van der Waals surface area (Å²) < 4.78 is 50.6. The van der Waals surface area contributed by atoms with Crippen LogP contribution in [0.1, 0.15) is 35.3 Å². The summed E-state index contributed by atoms with van der Waals surface area (Å²) in [6.07, 6.45) is 4.57. The van der Waals surface area contributed by atoms with Gasteiger partial charge in [-0.1, -0.05) is 0 Å². The Labute approximate surface area is 211 Å². The van der Waals surface area contributed by atoms with Gasteiger partial charge in [0.1, 0.15) is 53.3 Å². The summed E-state index contributed by atoms with van der Waals surface area (Å²) in [5, 5.41) is 4.98.